The van der Waals surface area contributed by atoms with Crippen molar-refractivity contribution in [2.24, 2.45) is 0 Å². The largest absolute Gasteiger partial charge is 0.790 e. The monoisotopic (exact) mass is 507 g/mol. The summed E-state index contributed by atoms with van der Waals surface area (Å²) in [5, 5.41) is 80.1. The zero-order chi connectivity index (χ0) is 25.1. The van der Waals surface area contributed by atoms with E-state index in [1.54, 1.807) is 0 Å². The van der Waals surface area contributed by atoms with E-state index in [1.165, 1.54) is 0 Å². The normalized spacial score (nSPS) is 41.0. The summed E-state index contributed by atoms with van der Waals surface area (Å²) in [6.45, 7) is -3.12. The second-order valence-electron chi connectivity index (χ2n) is 7.19. The van der Waals surface area contributed by atoms with E-state index < -0.39 is 101 Å². The Labute approximate surface area is 185 Å². The average Bonchev–Trinajstić information content (AvgIpc) is 2.74. The first-order valence-corrected chi connectivity index (χ1v) is 10.9. The van der Waals surface area contributed by atoms with Gasteiger partial charge in [0, 0.05) is 0 Å². The first-order valence-electron chi connectivity index (χ1n) is 9.42. The number of aliphatic hydroxyl groups excluding tert-OH is 7. The van der Waals surface area contributed by atoms with E-state index in [2.05, 4.69) is 4.52 Å². The number of phosphoric ester groups is 1. The minimum atomic E-state index is -5.63. The quantitative estimate of drug-likeness (QED) is 0.135. The molecule has 11 atom stereocenters. The van der Waals surface area contributed by atoms with Crippen LogP contribution in [0.4, 0.5) is 0 Å². The molecule has 2 fully saturated rings. The van der Waals surface area contributed by atoms with Crippen molar-refractivity contribution in [3.63, 3.8) is 0 Å². The molecule has 2 heterocycles. The maximum absolute atomic E-state index is 11.3. The highest BCUT2D eigenvalue weighted by atomic mass is 31.2. The van der Waals surface area contributed by atoms with Crippen LogP contribution in [0.2, 0.25) is 0 Å². The lowest BCUT2D eigenvalue weighted by molar-refractivity contribution is -0.379. The lowest BCUT2D eigenvalue weighted by Crippen LogP contribution is -2.65. The fourth-order valence-electron chi connectivity index (χ4n) is 3.13. The molecule has 33 heavy (non-hydrogen) atoms. The van der Waals surface area contributed by atoms with Gasteiger partial charge < -0.3 is 83.5 Å². The van der Waals surface area contributed by atoms with Crippen LogP contribution in [0.15, 0.2) is 0 Å². The van der Waals surface area contributed by atoms with Gasteiger partial charge in [0.1, 0.15) is 54.9 Å². The van der Waals surface area contributed by atoms with E-state index in [0.29, 0.717) is 0 Å². The van der Waals surface area contributed by atoms with Gasteiger partial charge in [0.25, 0.3) is 0 Å². The van der Waals surface area contributed by atoms with E-state index in [1.807, 2.05) is 0 Å². The van der Waals surface area contributed by atoms with Crippen LogP contribution in [0.1, 0.15) is 0 Å². The highest BCUT2D eigenvalue weighted by Crippen LogP contribution is 2.31. The minimum absolute atomic E-state index is 0.835. The number of ether oxygens (including phenoxy) is 4. The predicted octanol–water partition coefficient (Wildman–Crippen LogP) is -8.41. The molecule has 0 unspecified atom stereocenters. The Morgan fingerprint density at radius 1 is 0.879 bits per heavy atom. The fourth-order valence-corrected chi connectivity index (χ4v) is 3.45. The molecule has 2 rings (SSSR count). The number of rotatable bonds is 10. The molecular weight excluding hydrogens is 483 g/mol. The summed E-state index contributed by atoms with van der Waals surface area (Å²) in [7, 11) is -5.63. The number of aliphatic carboxylic acids is 1. The van der Waals surface area contributed by atoms with Gasteiger partial charge in [-0.25, -0.2) is 0 Å². The SMILES string of the molecule is O=C([O-])[C@@H](COP(=O)([O-])[O-])O[C@H]1O[C@H](CO)[C@@H](O)[C@H](O)[C@H]1O[C@H]1O[C@H](CO)[C@@H](O)[C@H](O)[C@@H]1O. The highest BCUT2D eigenvalue weighted by Gasteiger charge is 2.51. The van der Waals surface area contributed by atoms with Crippen LogP contribution >= 0.6 is 7.82 Å². The van der Waals surface area contributed by atoms with Crippen molar-refractivity contribution in [2.45, 2.75) is 67.5 Å². The van der Waals surface area contributed by atoms with Crippen LogP contribution in [0.3, 0.4) is 0 Å². The molecule has 0 aromatic rings. The average molecular weight is 507 g/mol. The van der Waals surface area contributed by atoms with Crippen LogP contribution in [0, 0.1) is 0 Å². The topological polar surface area (TPSA) is 291 Å². The molecule has 17 nitrogen and oxygen atoms in total. The van der Waals surface area contributed by atoms with E-state index >= 15 is 0 Å². The van der Waals surface area contributed by atoms with Crippen molar-refractivity contribution in [1.82, 2.24) is 0 Å². The zero-order valence-electron chi connectivity index (χ0n) is 16.6. The molecule has 194 valence electrons. The Hall–Kier alpha value is -0.860. The second kappa shape index (κ2) is 11.7. The smallest absolute Gasteiger partial charge is 0.187 e. The maximum atomic E-state index is 11.3. The molecule has 0 aromatic heterocycles. The predicted molar refractivity (Wildman–Crippen MR) is 89.8 cm³/mol. The van der Waals surface area contributed by atoms with Gasteiger partial charge in [0.05, 0.1) is 33.6 Å². The number of carboxylic acids is 1. The van der Waals surface area contributed by atoms with Gasteiger partial charge in [-0.05, 0) is 0 Å². The van der Waals surface area contributed by atoms with Crippen LogP contribution in [-0.4, -0.2) is 129 Å². The lowest BCUT2D eigenvalue weighted by atomic mass is 9.97. The molecule has 0 aromatic carbocycles. The van der Waals surface area contributed by atoms with Crippen LogP contribution in [0.5, 0.6) is 0 Å². The summed E-state index contributed by atoms with van der Waals surface area (Å²) in [6.07, 6.45) is -20.7. The van der Waals surface area contributed by atoms with Crippen LogP contribution in [0.25, 0.3) is 0 Å². The summed E-state index contributed by atoms with van der Waals surface area (Å²) in [4.78, 5) is 32.5. The van der Waals surface area contributed by atoms with Gasteiger partial charge in [0.15, 0.2) is 12.6 Å². The Kier molecular flexibility index (Phi) is 10.1. The molecule has 0 spiro atoms. The van der Waals surface area contributed by atoms with Gasteiger partial charge in [-0.2, -0.15) is 0 Å². The zero-order valence-corrected chi connectivity index (χ0v) is 17.5. The Balaban J connectivity index is 2.25. The highest BCUT2D eigenvalue weighted by molar-refractivity contribution is 7.43. The third-order valence-electron chi connectivity index (χ3n) is 4.91. The first-order chi connectivity index (χ1) is 15.3. The van der Waals surface area contributed by atoms with Crippen molar-refractivity contribution in [2.75, 3.05) is 19.8 Å². The molecule has 0 aliphatic carbocycles. The van der Waals surface area contributed by atoms with Crippen molar-refractivity contribution < 1.29 is 83.5 Å². The molecule has 2 saturated heterocycles. The number of carbonyl (C=O) groups excluding carboxylic acids is 1. The van der Waals surface area contributed by atoms with E-state index in [9.17, 15) is 60.0 Å². The number of carbonyl (C=O) groups is 1. The summed E-state index contributed by atoms with van der Waals surface area (Å²) in [6, 6.07) is 0. The summed E-state index contributed by atoms with van der Waals surface area (Å²) >= 11 is 0. The summed E-state index contributed by atoms with van der Waals surface area (Å²) < 4.78 is 35.0. The van der Waals surface area contributed by atoms with E-state index in [4.69, 9.17) is 18.9 Å². The number of carboxylic acid groups (broad SMARTS) is 1. The van der Waals surface area contributed by atoms with Crippen LogP contribution in [-0.2, 0) is 32.8 Å². The van der Waals surface area contributed by atoms with Crippen LogP contribution < -0.4 is 14.9 Å². The maximum Gasteiger partial charge on any atom is 0.187 e. The first kappa shape index (κ1) is 28.4. The molecule has 2 aliphatic heterocycles. The standard InChI is InChI=1S/C15H27O17P/c16-1-4-7(18)9(20)11(22)14(29-4)32-12-10(21)8(19)5(2-17)30-15(12)31-6(13(23)24)3-28-33(25,26)27/h4-12,14-22H,1-3H2,(H,23,24)(H2,25,26,27)/p-3/t4-,5-,6-,7-,8-,9+,10+,11+,12-,14-,15-/m1/s1. The van der Waals surface area contributed by atoms with Gasteiger partial charge in [-0.3, -0.25) is 0 Å². The van der Waals surface area contributed by atoms with Gasteiger partial charge in [-0.15, -0.1) is 0 Å². The van der Waals surface area contributed by atoms with Crippen molar-refractivity contribution in [3.05, 3.63) is 0 Å². The lowest BCUT2D eigenvalue weighted by Gasteiger charge is -2.46. The number of phosphoric acid groups is 1. The second-order valence-corrected chi connectivity index (χ2v) is 8.34. The Bertz CT molecular complexity index is 685. The third kappa shape index (κ3) is 7.07. The van der Waals surface area contributed by atoms with E-state index in [-0.39, 0.29) is 0 Å². The number of aliphatic hydroxyl groups is 7. The van der Waals surface area contributed by atoms with E-state index in [0.717, 1.165) is 0 Å². The minimum Gasteiger partial charge on any atom is -0.790 e. The third-order valence-corrected chi connectivity index (χ3v) is 5.37. The molecule has 0 bridgehead atoms. The molecule has 18 heteroatoms. The van der Waals surface area contributed by atoms with Gasteiger partial charge in [0.2, 0.25) is 0 Å². The Morgan fingerprint density at radius 2 is 1.39 bits per heavy atom. The molecule has 0 saturated carbocycles. The molecule has 0 amide bonds. The van der Waals surface area contributed by atoms with Crippen molar-refractivity contribution >= 4 is 13.8 Å². The number of hydrogen-bond donors (Lipinski definition) is 7. The fraction of sp³-hybridized carbons (Fsp3) is 0.933. The van der Waals surface area contributed by atoms with Crippen molar-refractivity contribution in [3.8, 4) is 0 Å². The van der Waals surface area contributed by atoms with Gasteiger partial charge >= 0.3 is 0 Å². The molecule has 7 N–H and O–H groups in total. The molecule has 2 aliphatic rings. The van der Waals surface area contributed by atoms with Gasteiger partial charge in [-0.1, -0.05) is 0 Å². The Morgan fingerprint density at radius 3 is 1.88 bits per heavy atom. The summed E-state index contributed by atoms with van der Waals surface area (Å²) in [5.74, 6) is -2.08. The van der Waals surface area contributed by atoms with Crippen molar-refractivity contribution in [1.29, 1.82) is 0 Å². The molecular formula is C15H24O17P-3. The molecule has 0 radical (unpaired) electrons. The summed E-state index contributed by atoms with van der Waals surface area (Å²) in [5.41, 5.74) is 0. The number of hydrogen-bond acceptors (Lipinski definition) is 17.